The van der Waals surface area contributed by atoms with Crippen molar-refractivity contribution in [2.75, 3.05) is 13.6 Å². The molecule has 4 heteroatoms. The number of para-hydroxylation sites is 1. The number of aryl methyl sites for hydroxylation is 1. The molecule has 2 nitrogen and oxygen atoms in total. The molecule has 0 saturated carbocycles. The van der Waals surface area contributed by atoms with Crippen LogP contribution in [0.25, 0.3) is 0 Å². The van der Waals surface area contributed by atoms with E-state index in [0.29, 0.717) is 12.1 Å². The maximum atomic E-state index is 12.1. The third-order valence-electron chi connectivity index (χ3n) is 2.21. The number of phenolic OH excluding ortho intramolecular Hbond substituents is 1. The molecule has 1 aromatic rings. The van der Waals surface area contributed by atoms with E-state index < -0.39 is 6.43 Å². The fourth-order valence-corrected chi connectivity index (χ4v) is 1.44. The molecule has 84 valence electrons. The van der Waals surface area contributed by atoms with Crippen molar-refractivity contribution in [2.45, 2.75) is 19.9 Å². The Labute approximate surface area is 88.1 Å². The molecule has 0 bridgehead atoms. The molecule has 0 radical (unpaired) electrons. The minimum absolute atomic E-state index is 0.193. The van der Waals surface area contributed by atoms with Gasteiger partial charge in [0.25, 0.3) is 6.43 Å². The van der Waals surface area contributed by atoms with Gasteiger partial charge in [0.15, 0.2) is 0 Å². The van der Waals surface area contributed by atoms with Crippen molar-refractivity contribution < 1.29 is 13.9 Å². The van der Waals surface area contributed by atoms with Gasteiger partial charge in [-0.05, 0) is 19.5 Å². The number of benzene rings is 1. The summed E-state index contributed by atoms with van der Waals surface area (Å²) in [5.74, 6) is 0.193. The summed E-state index contributed by atoms with van der Waals surface area (Å²) in [7, 11) is 1.61. The van der Waals surface area contributed by atoms with E-state index in [1.54, 1.807) is 32.2 Å². The van der Waals surface area contributed by atoms with E-state index in [9.17, 15) is 13.9 Å². The smallest absolute Gasteiger partial charge is 0.251 e. The Morgan fingerprint density at radius 1 is 1.40 bits per heavy atom. The quantitative estimate of drug-likeness (QED) is 0.833. The van der Waals surface area contributed by atoms with E-state index in [2.05, 4.69) is 0 Å². The highest BCUT2D eigenvalue weighted by molar-refractivity contribution is 5.39. The van der Waals surface area contributed by atoms with Crippen LogP contribution in [0.15, 0.2) is 18.2 Å². The molecule has 0 heterocycles. The van der Waals surface area contributed by atoms with Crippen molar-refractivity contribution in [3.05, 3.63) is 29.3 Å². The number of hydrogen-bond donors (Lipinski definition) is 1. The Morgan fingerprint density at radius 2 is 2.07 bits per heavy atom. The topological polar surface area (TPSA) is 23.5 Å². The summed E-state index contributed by atoms with van der Waals surface area (Å²) < 4.78 is 24.1. The zero-order chi connectivity index (χ0) is 11.4. The monoisotopic (exact) mass is 215 g/mol. The Balaban J connectivity index is 2.68. The number of hydrogen-bond acceptors (Lipinski definition) is 2. The summed E-state index contributed by atoms with van der Waals surface area (Å²) in [6.45, 7) is 1.83. The molecule has 0 unspecified atom stereocenters. The third kappa shape index (κ3) is 3.47. The summed E-state index contributed by atoms with van der Waals surface area (Å²) in [5, 5.41) is 9.67. The molecule has 0 spiro atoms. The van der Waals surface area contributed by atoms with Crippen LogP contribution in [0.5, 0.6) is 5.75 Å². The summed E-state index contributed by atoms with van der Waals surface area (Å²) in [6, 6.07) is 5.33. The van der Waals surface area contributed by atoms with Crippen LogP contribution in [0.4, 0.5) is 8.78 Å². The second-order valence-electron chi connectivity index (χ2n) is 3.67. The molecular formula is C11H15F2NO. The summed E-state index contributed by atoms with van der Waals surface area (Å²) in [6.07, 6.45) is -2.35. The van der Waals surface area contributed by atoms with Gasteiger partial charge >= 0.3 is 0 Å². The van der Waals surface area contributed by atoms with Crippen molar-refractivity contribution in [2.24, 2.45) is 0 Å². The van der Waals surface area contributed by atoms with Gasteiger partial charge < -0.3 is 5.11 Å². The minimum atomic E-state index is -2.35. The fraction of sp³-hybridized carbons (Fsp3) is 0.455. The van der Waals surface area contributed by atoms with Crippen molar-refractivity contribution in [1.82, 2.24) is 4.90 Å². The Kier molecular flexibility index (Phi) is 4.03. The number of aromatic hydroxyl groups is 1. The van der Waals surface area contributed by atoms with E-state index in [0.717, 1.165) is 5.56 Å². The van der Waals surface area contributed by atoms with Crippen LogP contribution in [-0.4, -0.2) is 30.0 Å². The molecule has 0 atom stereocenters. The van der Waals surface area contributed by atoms with E-state index in [1.807, 2.05) is 0 Å². The lowest BCUT2D eigenvalue weighted by atomic mass is 10.1. The normalized spacial score (nSPS) is 11.3. The summed E-state index contributed by atoms with van der Waals surface area (Å²) >= 11 is 0. The molecule has 0 aromatic heterocycles. The number of rotatable bonds is 4. The van der Waals surface area contributed by atoms with Crippen LogP contribution >= 0.6 is 0 Å². The van der Waals surface area contributed by atoms with Crippen LogP contribution in [-0.2, 0) is 6.54 Å². The summed E-state index contributed by atoms with van der Waals surface area (Å²) in [5.41, 5.74) is 1.44. The second-order valence-corrected chi connectivity index (χ2v) is 3.67. The maximum absolute atomic E-state index is 12.1. The van der Waals surface area contributed by atoms with Gasteiger partial charge in [0.1, 0.15) is 5.75 Å². The molecule has 15 heavy (non-hydrogen) atoms. The Morgan fingerprint density at radius 3 is 2.67 bits per heavy atom. The van der Waals surface area contributed by atoms with Crippen molar-refractivity contribution >= 4 is 0 Å². The van der Waals surface area contributed by atoms with Crippen LogP contribution in [0.2, 0.25) is 0 Å². The molecule has 0 saturated heterocycles. The average Bonchev–Trinajstić information content (AvgIpc) is 2.11. The third-order valence-corrected chi connectivity index (χ3v) is 2.21. The fourth-order valence-electron chi connectivity index (χ4n) is 1.44. The van der Waals surface area contributed by atoms with E-state index in [1.165, 1.54) is 4.90 Å². The first kappa shape index (κ1) is 11.9. The molecule has 0 aliphatic carbocycles. The first-order valence-corrected chi connectivity index (χ1v) is 4.75. The molecule has 0 amide bonds. The predicted octanol–water partition coefficient (Wildman–Crippen LogP) is 2.40. The molecule has 1 rings (SSSR count). The number of nitrogens with zero attached hydrogens (tertiary/aromatic N) is 1. The second kappa shape index (κ2) is 5.07. The van der Waals surface area contributed by atoms with E-state index in [4.69, 9.17) is 0 Å². The van der Waals surface area contributed by atoms with Gasteiger partial charge in [-0.2, -0.15) is 0 Å². The minimum Gasteiger partial charge on any atom is -0.507 e. The lowest BCUT2D eigenvalue weighted by Crippen LogP contribution is -2.24. The molecule has 0 aliphatic heterocycles. The van der Waals surface area contributed by atoms with Gasteiger partial charge in [0.2, 0.25) is 0 Å². The van der Waals surface area contributed by atoms with Gasteiger partial charge in [0, 0.05) is 12.1 Å². The molecule has 1 N–H and O–H groups in total. The molecular weight excluding hydrogens is 200 g/mol. The zero-order valence-corrected chi connectivity index (χ0v) is 8.87. The van der Waals surface area contributed by atoms with Gasteiger partial charge in [0.05, 0.1) is 6.54 Å². The number of phenols is 1. The number of alkyl halides is 2. The van der Waals surface area contributed by atoms with Gasteiger partial charge in [-0.3, -0.25) is 4.90 Å². The van der Waals surface area contributed by atoms with Crippen molar-refractivity contribution in [1.29, 1.82) is 0 Å². The lowest BCUT2D eigenvalue weighted by molar-refractivity contribution is 0.0972. The largest absolute Gasteiger partial charge is 0.507 e. The SMILES string of the molecule is Cc1cccc(CN(C)CC(F)F)c1O. The maximum Gasteiger partial charge on any atom is 0.251 e. The van der Waals surface area contributed by atoms with Gasteiger partial charge in [-0.1, -0.05) is 18.2 Å². The summed E-state index contributed by atoms with van der Waals surface area (Å²) in [4.78, 5) is 1.49. The molecule has 0 fully saturated rings. The number of halogens is 2. The highest BCUT2D eigenvalue weighted by Gasteiger charge is 2.10. The Hall–Kier alpha value is -1.16. The van der Waals surface area contributed by atoms with E-state index >= 15 is 0 Å². The standard InChI is InChI=1S/C11H15F2NO/c1-8-4-3-5-9(11(8)15)6-14(2)7-10(12)13/h3-5,10,15H,6-7H2,1-2H3. The average molecular weight is 215 g/mol. The van der Waals surface area contributed by atoms with Crippen LogP contribution in [0.3, 0.4) is 0 Å². The zero-order valence-electron chi connectivity index (χ0n) is 8.87. The van der Waals surface area contributed by atoms with Gasteiger partial charge in [-0.25, -0.2) is 8.78 Å². The lowest BCUT2D eigenvalue weighted by Gasteiger charge is -2.17. The van der Waals surface area contributed by atoms with Crippen LogP contribution in [0, 0.1) is 6.92 Å². The highest BCUT2D eigenvalue weighted by Crippen LogP contribution is 2.22. The first-order chi connectivity index (χ1) is 7.00. The predicted molar refractivity (Wildman–Crippen MR) is 55.2 cm³/mol. The van der Waals surface area contributed by atoms with Crippen molar-refractivity contribution in [3.8, 4) is 5.75 Å². The first-order valence-electron chi connectivity index (χ1n) is 4.75. The molecule has 1 aromatic carbocycles. The van der Waals surface area contributed by atoms with Crippen molar-refractivity contribution in [3.63, 3.8) is 0 Å². The van der Waals surface area contributed by atoms with Gasteiger partial charge in [-0.15, -0.1) is 0 Å². The Bertz CT molecular complexity index is 328. The van der Waals surface area contributed by atoms with Crippen LogP contribution < -0.4 is 0 Å². The van der Waals surface area contributed by atoms with E-state index in [-0.39, 0.29) is 12.3 Å². The van der Waals surface area contributed by atoms with Crippen LogP contribution in [0.1, 0.15) is 11.1 Å². The highest BCUT2D eigenvalue weighted by atomic mass is 19.3. The molecule has 0 aliphatic rings.